The fourth-order valence-corrected chi connectivity index (χ4v) is 1.59. The molecule has 0 saturated carbocycles. The van der Waals surface area contributed by atoms with E-state index >= 15 is 0 Å². The lowest BCUT2D eigenvalue weighted by molar-refractivity contribution is -0.137. The number of aliphatic carboxylic acids is 1. The molecule has 1 rings (SSSR count). The van der Waals surface area contributed by atoms with Gasteiger partial charge in [-0.1, -0.05) is 0 Å². The van der Waals surface area contributed by atoms with Crippen molar-refractivity contribution in [2.24, 2.45) is 0 Å². The predicted molar refractivity (Wildman–Crippen MR) is 76.3 cm³/mol. The molecule has 0 fully saturated rings. The zero-order valence-corrected chi connectivity index (χ0v) is 11.7. The number of anilines is 1. The molecule has 0 atom stereocenters. The fraction of sp³-hybridized carbons (Fsp3) is 0.357. The van der Waals surface area contributed by atoms with Gasteiger partial charge in [-0.2, -0.15) is 0 Å². The van der Waals surface area contributed by atoms with Gasteiger partial charge in [0.15, 0.2) is 0 Å². The Kier molecular flexibility index (Phi) is 6.73. The average molecular weight is 294 g/mol. The molecule has 0 bridgehead atoms. The first-order valence-corrected chi connectivity index (χ1v) is 6.48. The average Bonchev–Trinajstić information content (AvgIpc) is 2.44. The summed E-state index contributed by atoms with van der Waals surface area (Å²) in [6.07, 6.45) is 0.964. The van der Waals surface area contributed by atoms with Gasteiger partial charge in [-0.25, -0.2) is 4.79 Å². The summed E-state index contributed by atoms with van der Waals surface area (Å²) < 4.78 is 4.99. The molecule has 0 unspecified atom stereocenters. The van der Waals surface area contributed by atoms with Gasteiger partial charge >= 0.3 is 12.0 Å². The molecule has 114 valence electrons. The van der Waals surface area contributed by atoms with Crippen LogP contribution in [0.1, 0.15) is 25.7 Å². The standard InChI is InChI=1S/C14H18N2O5/c1-21-11-8-6-10(7-9-11)15-14(20)16-12(17)4-2-3-5-13(18)19/h6-9H,2-5H2,1H3,(H,18,19)(H2,15,16,17,20). The van der Waals surface area contributed by atoms with Crippen molar-refractivity contribution in [1.82, 2.24) is 5.32 Å². The molecule has 3 N–H and O–H groups in total. The van der Waals surface area contributed by atoms with Crippen LogP contribution in [0.2, 0.25) is 0 Å². The summed E-state index contributed by atoms with van der Waals surface area (Å²) in [6, 6.07) is 6.04. The summed E-state index contributed by atoms with van der Waals surface area (Å²) in [6.45, 7) is 0. The van der Waals surface area contributed by atoms with Crippen LogP contribution in [0.3, 0.4) is 0 Å². The molecule has 0 radical (unpaired) electrons. The van der Waals surface area contributed by atoms with Gasteiger partial charge in [-0.05, 0) is 37.1 Å². The Morgan fingerprint density at radius 1 is 1.10 bits per heavy atom. The van der Waals surface area contributed by atoms with Gasteiger partial charge in [0.2, 0.25) is 5.91 Å². The quantitative estimate of drug-likeness (QED) is 0.667. The molecule has 3 amide bonds. The Hall–Kier alpha value is -2.57. The summed E-state index contributed by atoms with van der Waals surface area (Å²) >= 11 is 0. The van der Waals surface area contributed by atoms with Crippen LogP contribution in [0.25, 0.3) is 0 Å². The lowest BCUT2D eigenvalue weighted by Crippen LogP contribution is -2.34. The van der Waals surface area contributed by atoms with Crippen LogP contribution in [0.5, 0.6) is 5.75 Å². The van der Waals surface area contributed by atoms with E-state index < -0.39 is 17.9 Å². The van der Waals surface area contributed by atoms with E-state index in [4.69, 9.17) is 9.84 Å². The highest BCUT2D eigenvalue weighted by Crippen LogP contribution is 2.14. The van der Waals surface area contributed by atoms with Crippen molar-refractivity contribution < 1.29 is 24.2 Å². The molecule has 1 aromatic carbocycles. The molecule has 7 heteroatoms. The maximum atomic E-state index is 11.5. The van der Waals surface area contributed by atoms with Gasteiger partial charge in [0.05, 0.1) is 7.11 Å². The highest BCUT2D eigenvalue weighted by molar-refractivity contribution is 6.01. The number of amides is 3. The van der Waals surface area contributed by atoms with Crippen molar-refractivity contribution >= 4 is 23.6 Å². The molecule has 0 aliphatic carbocycles. The first kappa shape index (κ1) is 16.5. The number of carbonyl (C=O) groups excluding carboxylic acids is 2. The van der Waals surface area contributed by atoms with Gasteiger partial charge in [-0.15, -0.1) is 0 Å². The third kappa shape index (κ3) is 6.95. The van der Waals surface area contributed by atoms with E-state index in [9.17, 15) is 14.4 Å². The van der Waals surface area contributed by atoms with Gasteiger partial charge in [0, 0.05) is 18.5 Å². The zero-order valence-electron chi connectivity index (χ0n) is 11.7. The van der Waals surface area contributed by atoms with Crippen LogP contribution in [-0.4, -0.2) is 30.1 Å². The first-order valence-electron chi connectivity index (χ1n) is 6.48. The summed E-state index contributed by atoms with van der Waals surface area (Å²) in [5, 5.41) is 13.1. The minimum Gasteiger partial charge on any atom is -0.497 e. The molecule has 0 heterocycles. The SMILES string of the molecule is COc1ccc(NC(=O)NC(=O)CCCCC(=O)O)cc1. The van der Waals surface area contributed by atoms with Crippen LogP contribution in [0, 0.1) is 0 Å². The number of nitrogens with one attached hydrogen (secondary N) is 2. The number of ether oxygens (including phenoxy) is 1. The van der Waals surface area contributed by atoms with E-state index in [1.54, 1.807) is 24.3 Å². The van der Waals surface area contributed by atoms with Crippen LogP contribution < -0.4 is 15.4 Å². The number of hydrogen-bond donors (Lipinski definition) is 3. The Labute approximate surface area is 122 Å². The number of imide groups is 1. The predicted octanol–water partition coefficient (Wildman–Crippen LogP) is 1.99. The summed E-state index contributed by atoms with van der Waals surface area (Å²) in [4.78, 5) is 33.3. The lowest BCUT2D eigenvalue weighted by Gasteiger charge is -2.07. The maximum absolute atomic E-state index is 11.5. The van der Waals surface area contributed by atoms with Gasteiger partial charge in [0.25, 0.3) is 0 Å². The third-order valence-electron chi connectivity index (χ3n) is 2.65. The number of benzene rings is 1. The molecular weight excluding hydrogens is 276 g/mol. The van der Waals surface area contributed by atoms with Crippen molar-refractivity contribution in [2.45, 2.75) is 25.7 Å². The number of methoxy groups -OCH3 is 1. The maximum Gasteiger partial charge on any atom is 0.325 e. The Morgan fingerprint density at radius 2 is 1.71 bits per heavy atom. The number of hydrogen-bond acceptors (Lipinski definition) is 4. The van der Waals surface area contributed by atoms with Crippen LogP contribution >= 0.6 is 0 Å². The Balaban J connectivity index is 2.28. The van der Waals surface area contributed by atoms with Gasteiger partial charge in [-0.3, -0.25) is 14.9 Å². The van der Waals surface area contributed by atoms with Gasteiger partial charge in [0.1, 0.15) is 5.75 Å². The van der Waals surface area contributed by atoms with E-state index in [0.717, 1.165) is 0 Å². The first-order chi connectivity index (χ1) is 10.0. The van der Waals surface area contributed by atoms with Crippen molar-refractivity contribution in [3.05, 3.63) is 24.3 Å². The molecule has 1 aromatic rings. The van der Waals surface area contributed by atoms with E-state index in [0.29, 0.717) is 24.3 Å². The smallest absolute Gasteiger partial charge is 0.325 e. The van der Waals surface area contributed by atoms with E-state index in [-0.39, 0.29) is 12.8 Å². The van der Waals surface area contributed by atoms with Crippen molar-refractivity contribution in [3.8, 4) is 5.75 Å². The highest BCUT2D eigenvalue weighted by Gasteiger charge is 2.08. The largest absolute Gasteiger partial charge is 0.497 e. The number of unbranched alkanes of at least 4 members (excludes halogenated alkanes) is 1. The summed E-state index contributed by atoms with van der Waals surface area (Å²) in [5.41, 5.74) is 0.534. The van der Waals surface area contributed by atoms with E-state index in [1.165, 1.54) is 7.11 Å². The van der Waals surface area contributed by atoms with E-state index in [1.807, 2.05) is 0 Å². The van der Waals surface area contributed by atoms with E-state index in [2.05, 4.69) is 10.6 Å². The Bertz CT molecular complexity index is 499. The minimum atomic E-state index is -0.896. The van der Waals surface area contributed by atoms with Gasteiger partial charge < -0.3 is 15.2 Å². The molecule has 0 saturated heterocycles. The summed E-state index contributed by atoms with van der Waals surface area (Å²) in [7, 11) is 1.54. The second-order valence-corrected chi connectivity index (χ2v) is 4.33. The van der Waals surface area contributed by atoms with Crippen molar-refractivity contribution in [3.63, 3.8) is 0 Å². The van der Waals surface area contributed by atoms with Crippen LogP contribution in [0.15, 0.2) is 24.3 Å². The normalized spacial score (nSPS) is 9.76. The number of rotatable bonds is 7. The highest BCUT2D eigenvalue weighted by atomic mass is 16.5. The number of carboxylic acid groups (broad SMARTS) is 1. The van der Waals surface area contributed by atoms with Crippen LogP contribution in [-0.2, 0) is 9.59 Å². The zero-order chi connectivity index (χ0) is 15.7. The second-order valence-electron chi connectivity index (χ2n) is 4.33. The molecule has 7 nitrogen and oxygen atoms in total. The van der Waals surface area contributed by atoms with Crippen molar-refractivity contribution in [2.75, 3.05) is 12.4 Å². The number of carboxylic acids is 1. The Morgan fingerprint density at radius 3 is 2.29 bits per heavy atom. The lowest BCUT2D eigenvalue weighted by atomic mass is 10.2. The van der Waals surface area contributed by atoms with Crippen LogP contribution in [0.4, 0.5) is 10.5 Å². The monoisotopic (exact) mass is 294 g/mol. The second kappa shape index (κ2) is 8.57. The fourth-order valence-electron chi connectivity index (χ4n) is 1.59. The number of urea groups is 1. The molecule has 0 spiro atoms. The number of carbonyl (C=O) groups is 3. The minimum absolute atomic E-state index is 0.0192. The molecule has 0 aromatic heterocycles. The molecule has 21 heavy (non-hydrogen) atoms. The third-order valence-corrected chi connectivity index (χ3v) is 2.65. The van der Waals surface area contributed by atoms with Crippen molar-refractivity contribution in [1.29, 1.82) is 0 Å². The molecule has 0 aliphatic rings. The molecule has 0 aliphatic heterocycles. The topological polar surface area (TPSA) is 105 Å². The summed E-state index contributed by atoms with van der Waals surface area (Å²) in [5.74, 6) is -0.672. The molecular formula is C14H18N2O5.